The zero-order valence-corrected chi connectivity index (χ0v) is 12.9. The minimum Gasteiger partial charge on any atom is -0.391 e. The summed E-state index contributed by atoms with van der Waals surface area (Å²) < 4.78 is 25.4. The summed E-state index contributed by atoms with van der Waals surface area (Å²) in [6.45, 7) is 2.53. The zero-order chi connectivity index (χ0) is 15.1. The fourth-order valence-corrected chi connectivity index (χ4v) is 3.64. The van der Waals surface area contributed by atoms with Crippen LogP contribution in [0, 0.1) is 0 Å². The second kappa shape index (κ2) is 5.25. The molecule has 1 aliphatic carbocycles. The minimum absolute atomic E-state index is 0.0564. The molecule has 0 saturated heterocycles. The SMILES string of the molecule is CCN(C)c1nn(C2CCCC2O)c(N)c1S(C)(=O)=O. The number of anilines is 2. The predicted molar refractivity (Wildman–Crippen MR) is 77.6 cm³/mol. The van der Waals surface area contributed by atoms with Crippen molar-refractivity contribution in [3.05, 3.63) is 0 Å². The molecule has 2 atom stereocenters. The molecular formula is C12H22N4O3S. The molecule has 1 aromatic heterocycles. The van der Waals surface area contributed by atoms with Gasteiger partial charge in [0, 0.05) is 19.8 Å². The van der Waals surface area contributed by atoms with E-state index in [9.17, 15) is 13.5 Å². The lowest BCUT2D eigenvalue weighted by Gasteiger charge is -2.16. The number of nitrogens with two attached hydrogens (primary N) is 1. The highest BCUT2D eigenvalue weighted by molar-refractivity contribution is 7.91. The average molecular weight is 302 g/mol. The fraction of sp³-hybridized carbons (Fsp3) is 0.750. The van der Waals surface area contributed by atoms with E-state index in [0.717, 1.165) is 19.1 Å². The molecule has 7 nitrogen and oxygen atoms in total. The lowest BCUT2D eigenvalue weighted by atomic mass is 10.2. The Hall–Kier alpha value is -1.28. The number of nitrogen functional groups attached to an aromatic ring is 1. The van der Waals surface area contributed by atoms with Crippen molar-refractivity contribution < 1.29 is 13.5 Å². The molecule has 2 rings (SSSR count). The van der Waals surface area contributed by atoms with Gasteiger partial charge in [0.05, 0.1) is 12.1 Å². The number of hydrogen-bond donors (Lipinski definition) is 2. The van der Waals surface area contributed by atoms with Crippen molar-refractivity contribution in [2.75, 3.05) is 30.5 Å². The van der Waals surface area contributed by atoms with Crippen LogP contribution < -0.4 is 10.6 Å². The summed E-state index contributed by atoms with van der Waals surface area (Å²) in [6.07, 6.45) is 2.94. The number of nitrogens with zero attached hydrogens (tertiary/aromatic N) is 3. The van der Waals surface area contributed by atoms with E-state index >= 15 is 0 Å². The van der Waals surface area contributed by atoms with Gasteiger partial charge in [0.1, 0.15) is 5.82 Å². The third kappa shape index (κ3) is 2.49. The topological polar surface area (TPSA) is 101 Å². The van der Waals surface area contributed by atoms with Gasteiger partial charge >= 0.3 is 0 Å². The van der Waals surface area contributed by atoms with Crippen LogP contribution in [0.3, 0.4) is 0 Å². The maximum absolute atomic E-state index is 12.0. The molecular weight excluding hydrogens is 280 g/mol. The van der Waals surface area contributed by atoms with E-state index in [2.05, 4.69) is 5.10 Å². The van der Waals surface area contributed by atoms with Crippen LogP contribution in [0.4, 0.5) is 11.6 Å². The van der Waals surface area contributed by atoms with E-state index < -0.39 is 15.9 Å². The van der Waals surface area contributed by atoms with Gasteiger partial charge in [-0.15, -0.1) is 0 Å². The first kappa shape index (κ1) is 15.1. The molecule has 0 aromatic carbocycles. The van der Waals surface area contributed by atoms with Crippen molar-refractivity contribution >= 4 is 21.5 Å². The highest BCUT2D eigenvalue weighted by Crippen LogP contribution is 2.37. The molecule has 1 aliphatic rings. The summed E-state index contributed by atoms with van der Waals surface area (Å²) in [7, 11) is -1.71. The van der Waals surface area contributed by atoms with Gasteiger partial charge in [0.25, 0.3) is 0 Å². The van der Waals surface area contributed by atoms with Crippen LogP contribution in [0.1, 0.15) is 32.2 Å². The first-order chi connectivity index (χ1) is 9.27. The zero-order valence-electron chi connectivity index (χ0n) is 12.1. The van der Waals surface area contributed by atoms with Crippen LogP contribution >= 0.6 is 0 Å². The largest absolute Gasteiger partial charge is 0.391 e. The van der Waals surface area contributed by atoms with E-state index in [0.29, 0.717) is 18.8 Å². The third-order valence-corrected chi connectivity index (χ3v) is 4.98. The maximum atomic E-state index is 12.0. The Kier molecular flexibility index (Phi) is 3.97. The van der Waals surface area contributed by atoms with Crippen molar-refractivity contribution in [3.8, 4) is 0 Å². The van der Waals surface area contributed by atoms with Gasteiger partial charge in [-0.2, -0.15) is 5.10 Å². The number of rotatable bonds is 4. The Morgan fingerprint density at radius 3 is 2.60 bits per heavy atom. The molecule has 0 aliphatic heterocycles. The van der Waals surface area contributed by atoms with Crippen molar-refractivity contribution in [3.63, 3.8) is 0 Å². The summed E-state index contributed by atoms with van der Waals surface area (Å²) in [6, 6.07) is -0.241. The van der Waals surface area contributed by atoms with Crippen LogP contribution in [0.5, 0.6) is 0 Å². The van der Waals surface area contributed by atoms with E-state index in [1.54, 1.807) is 11.9 Å². The molecule has 8 heteroatoms. The highest BCUT2D eigenvalue weighted by Gasteiger charge is 2.33. The van der Waals surface area contributed by atoms with Crippen molar-refractivity contribution in [1.29, 1.82) is 0 Å². The van der Waals surface area contributed by atoms with E-state index in [4.69, 9.17) is 5.73 Å². The molecule has 0 radical (unpaired) electrons. The molecule has 3 N–H and O–H groups in total. The second-order valence-electron chi connectivity index (χ2n) is 5.33. The summed E-state index contributed by atoms with van der Waals surface area (Å²) in [5, 5.41) is 14.3. The fourth-order valence-electron chi connectivity index (χ4n) is 2.63. The van der Waals surface area contributed by atoms with Crippen molar-refractivity contribution in [1.82, 2.24) is 9.78 Å². The summed E-state index contributed by atoms with van der Waals surface area (Å²) in [5.41, 5.74) is 6.01. The quantitative estimate of drug-likeness (QED) is 0.835. The second-order valence-corrected chi connectivity index (χ2v) is 7.29. The number of aliphatic hydroxyl groups is 1. The summed E-state index contributed by atoms with van der Waals surface area (Å²) in [4.78, 5) is 1.80. The lowest BCUT2D eigenvalue weighted by molar-refractivity contribution is 0.131. The monoisotopic (exact) mass is 302 g/mol. The van der Waals surface area contributed by atoms with Crippen LogP contribution in [0.15, 0.2) is 4.90 Å². The van der Waals surface area contributed by atoms with Gasteiger partial charge in [0.2, 0.25) is 0 Å². The minimum atomic E-state index is -3.48. The lowest BCUT2D eigenvalue weighted by Crippen LogP contribution is -2.22. The van der Waals surface area contributed by atoms with Crippen LogP contribution in [0.25, 0.3) is 0 Å². The molecule has 1 heterocycles. The highest BCUT2D eigenvalue weighted by atomic mass is 32.2. The van der Waals surface area contributed by atoms with Crippen molar-refractivity contribution in [2.45, 2.75) is 43.2 Å². The van der Waals surface area contributed by atoms with E-state index in [1.807, 2.05) is 6.92 Å². The Labute approximate surface area is 119 Å². The van der Waals surface area contributed by atoms with Gasteiger partial charge in [-0.25, -0.2) is 13.1 Å². The number of aromatic nitrogens is 2. The number of sulfone groups is 1. The smallest absolute Gasteiger partial charge is 0.182 e. The van der Waals surface area contributed by atoms with Gasteiger partial charge in [-0.05, 0) is 26.2 Å². The number of aliphatic hydroxyl groups excluding tert-OH is 1. The van der Waals surface area contributed by atoms with Crippen LogP contribution in [0.2, 0.25) is 0 Å². The molecule has 1 saturated carbocycles. The molecule has 114 valence electrons. The van der Waals surface area contributed by atoms with E-state index in [-0.39, 0.29) is 16.8 Å². The van der Waals surface area contributed by atoms with Gasteiger partial charge < -0.3 is 15.7 Å². The third-order valence-electron chi connectivity index (χ3n) is 3.85. The Balaban J connectivity index is 2.58. The summed E-state index contributed by atoms with van der Waals surface area (Å²) >= 11 is 0. The molecule has 1 fully saturated rings. The molecule has 20 heavy (non-hydrogen) atoms. The molecule has 0 spiro atoms. The van der Waals surface area contributed by atoms with Crippen LogP contribution in [-0.2, 0) is 9.84 Å². The molecule has 2 unspecified atom stereocenters. The molecule has 1 aromatic rings. The number of hydrogen-bond acceptors (Lipinski definition) is 6. The molecule has 0 amide bonds. The maximum Gasteiger partial charge on any atom is 0.182 e. The summed E-state index contributed by atoms with van der Waals surface area (Å²) in [5.74, 6) is 0.473. The van der Waals surface area contributed by atoms with Gasteiger partial charge in [-0.3, -0.25) is 0 Å². The van der Waals surface area contributed by atoms with Crippen LogP contribution in [-0.4, -0.2) is 49.3 Å². The Morgan fingerprint density at radius 1 is 1.50 bits per heavy atom. The first-order valence-electron chi connectivity index (χ1n) is 6.74. The predicted octanol–water partition coefficient (Wildman–Crippen LogP) is 0.411. The van der Waals surface area contributed by atoms with E-state index in [1.165, 1.54) is 4.68 Å². The molecule has 0 bridgehead atoms. The average Bonchev–Trinajstić information content (AvgIpc) is 2.91. The normalized spacial score (nSPS) is 23.2. The van der Waals surface area contributed by atoms with Gasteiger partial charge in [0.15, 0.2) is 20.6 Å². The van der Waals surface area contributed by atoms with Crippen molar-refractivity contribution in [2.24, 2.45) is 0 Å². The van der Waals surface area contributed by atoms with Gasteiger partial charge in [-0.1, -0.05) is 0 Å². The Bertz CT molecular complexity index is 596. The Morgan fingerprint density at radius 2 is 2.15 bits per heavy atom. The first-order valence-corrected chi connectivity index (χ1v) is 8.63. The standard InChI is InChI=1S/C12H22N4O3S/c1-4-15(2)12-10(20(3,18)19)11(13)16(14-12)8-6-5-7-9(8)17/h8-9,17H,4-7,13H2,1-3H3.